The van der Waals surface area contributed by atoms with Crippen LogP contribution in [0.2, 0.25) is 0 Å². The van der Waals surface area contributed by atoms with Gasteiger partial charge in [-0.05, 0) is 16.0 Å². The lowest BCUT2D eigenvalue weighted by atomic mass is 10.2. The zero-order valence-corrected chi connectivity index (χ0v) is 10.5. The zero-order chi connectivity index (χ0) is 12.8. The summed E-state index contributed by atoms with van der Waals surface area (Å²) >= 11 is 1.43. The third-order valence-electron chi connectivity index (χ3n) is 2.25. The highest BCUT2D eigenvalue weighted by Gasteiger charge is 2.07. The van der Waals surface area contributed by atoms with E-state index >= 15 is 0 Å². The van der Waals surface area contributed by atoms with Crippen molar-refractivity contribution in [3.05, 3.63) is 35.9 Å². The molecule has 2 rings (SSSR count). The van der Waals surface area contributed by atoms with Gasteiger partial charge in [0, 0.05) is 12.2 Å². The van der Waals surface area contributed by atoms with Crippen LogP contribution in [-0.2, 0) is 11.3 Å². The summed E-state index contributed by atoms with van der Waals surface area (Å²) in [5.41, 5.74) is 6.21. The SMILES string of the molecule is NC(=O)CCSc1nnnn1Cc1ccccc1. The first kappa shape index (κ1) is 12.6. The fourth-order valence-corrected chi connectivity index (χ4v) is 2.23. The summed E-state index contributed by atoms with van der Waals surface area (Å²) in [5.74, 6) is 0.273. The molecular weight excluding hydrogens is 250 g/mol. The standard InChI is InChI=1S/C11H13N5OS/c12-10(17)6-7-18-11-13-14-15-16(11)8-9-4-2-1-3-5-9/h1-5H,6-8H2,(H2,12,17). The topological polar surface area (TPSA) is 86.7 Å². The smallest absolute Gasteiger partial charge is 0.218 e. The Hall–Kier alpha value is -1.89. The molecule has 2 N–H and O–H groups in total. The lowest BCUT2D eigenvalue weighted by Crippen LogP contribution is -2.11. The van der Waals surface area contributed by atoms with Gasteiger partial charge in [0.05, 0.1) is 6.54 Å². The molecule has 0 spiro atoms. The minimum Gasteiger partial charge on any atom is -0.370 e. The predicted octanol–water partition coefficient (Wildman–Crippen LogP) is 0.689. The van der Waals surface area contributed by atoms with Crippen LogP contribution < -0.4 is 5.73 Å². The minimum absolute atomic E-state index is 0.315. The molecule has 0 radical (unpaired) electrons. The summed E-state index contributed by atoms with van der Waals surface area (Å²) in [7, 11) is 0. The molecule has 0 fully saturated rings. The quantitative estimate of drug-likeness (QED) is 0.775. The monoisotopic (exact) mass is 263 g/mol. The largest absolute Gasteiger partial charge is 0.370 e. The van der Waals surface area contributed by atoms with Crippen molar-refractivity contribution in [1.82, 2.24) is 20.2 Å². The van der Waals surface area contributed by atoms with E-state index in [4.69, 9.17) is 5.73 Å². The summed E-state index contributed by atoms with van der Waals surface area (Å²) in [6.07, 6.45) is 0.322. The maximum atomic E-state index is 10.7. The minimum atomic E-state index is -0.315. The maximum absolute atomic E-state index is 10.7. The first-order chi connectivity index (χ1) is 8.75. The molecule has 0 saturated heterocycles. The number of nitrogens with zero attached hydrogens (tertiary/aromatic N) is 4. The van der Waals surface area contributed by atoms with Gasteiger partial charge in [-0.2, -0.15) is 0 Å². The third-order valence-corrected chi connectivity index (χ3v) is 3.21. The van der Waals surface area contributed by atoms with E-state index in [1.54, 1.807) is 4.68 Å². The number of tetrazole rings is 1. The van der Waals surface area contributed by atoms with Gasteiger partial charge >= 0.3 is 0 Å². The van der Waals surface area contributed by atoms with Crippen LogP contribution in [0.3, 0.4) is 0 Å². The van der Waals surface area contributed by atoms with E-state index in [1.165, 1.54) is 11.8 Å². The molecule has 0 aliphatic carbocycles. The van der Waals surface area contributed by atoms with Crippen molar-refractivity contribution in [3.63, 3.8) is 0 Å². The van der Waals surface area contributed by atoms with Gasteiger partial charge in [-0.25, -0.2) is 4.68 Å². The number of nitrogens with two attached hydrogens (primary N) is 1. The fourth-order valence-electron chi connectivity index (χ4n) is 1.40. The molecule has 1 aromatic heterocycles. The Balaban J connectivity index is 1.97. The van der Waals surface area contributed by atoms with Crippen molar-refractivity contribution in [3.8, 4) is 0 Å². The molecule has 0 aliphatic rings. The lowest BCUT2D eigenvalue weighted by molar-refractivity contribution is -0.117. The van der Waals surface area contributed by atoms with Crippen LogP contribution in [-0.4, -0.2) is 31.9 Å². The number of carbonyl (C=O) groups excluding carboxylic acids is 1. The number of carbonyl (C=O) groups is 1. The first-order valence-corrected chi connectivity index (χ1v) is 6.45. The summed E-state index contributed by atoms with van der Waals surface area (Å²) in [4.78, 5) is 10.7. The Bertz CT molecular complexity index is 513. The summed E-state index contributed by atoms with van der Waals surface area (Å²) in [5, 5.41) is 12.2. The highest BCUT2D eigenvalue weighted by Crippen LogP contribution is 2.15. The molecular formula is C11H13N5OS. The van der Waals surface area contributed by atoms with Crippen molar-refractivity contribution in [1.29, 1.82) is 0 Å². The number of rotatable bonds is 6. The average Bonchev–Trinajstić information content (AvgIpc) is 2.78. The molecule has 1 aromatic carbocycles. The number of hydrogen-bond donors (Lipinski definition) is 1. The van der Waals surface area contributed by atoms with Gasteiger partial charge in [0.15, 0.2) is 0 Å². The normalized spacial score (nSPS) is 10.4. The number of thioether (sulfide) groups is 1. The molecule has 0 bridgehead atoms. The molecule has 6 nitrogen and oxygen atoms in total. The van der Waals surface area contributed by atoms with Crippen molar-refractivity contribution in [2.75, 3.05) is 5.75 Å². The fraction of sp³-hybridized carbons (Fsp3) is 0.273. The molecule has 2 aromatic rings. The molecule has 18 heavy (non-hydrogen) atoms. The zero-order valence-electron chi connectivity index (χ0n) is 9.69. The Morgan fingerprint density at radius 1 is 1.33 bits per heavy atom. The van der Waals surface area contributed by atoms with Crippen molar-refractivity contribution >= 4 is 17.7 Å². The van der Waals surface area contributed by atoms with E-state index in [9.17, 15) is 4.79 Å². The van der Waals surface area contributed by atoms with Gasteiger partial charge in [0.25, 0.3) is 0 Å². The van der Waals surface area contributed by atoms with E-state index in [1.807, 2.05) is 30.3 Å². The third kappa shape index (κ3) is 3.56. The summed E-state index contributed by atoms with van der Waals surface area (Å²) in [6, 6.07) is 9.93. The maximum Gasteiger partial charge on any atom is 0.218 e. The number of amides is 1. The van der Waals surface area contributed by atoms with Crippen LogP contribution in [0.25, 0.3) is 0 Å². The van der Waals surface area contributed by atoms with Gasteiger partial charge in [0.2, 0.25) is 11.1 Å². The van der Waals surface area contributed by atoms with E-state index in [2.05, 4.69) is 15.5 Å². The van der Waals surface area contributed by atoms with Crippen LogP contribution in [0.4, 0.5) is 0 Å². The molecule has 1 amide bonds. The molecule has 7 heteroatoms. The summed E-state index contributed by atoms with van der Waals surface area (Å²) in [6.45, 7) is 0.618. The van der Waals surface area contributed by atoms with Crippen LogP contribution in [0.5, 0.6) is 0 Å². The molecule has 0 aliphatic heterocycles. The van der Waals surface area contributed by atoms with E-state index in [0.717, 1.165) is 5.56 Å². The van der Waals surface area contributed by atoms with Gasteiger partial charge in [-0.15, -0.1) is 5.10 Å². The van der Waals surface area contributed by atoms with Crippen LogP contribution >= 0.6 is 11.8 Å². The van der Waals surface area contributed by atoms with Gasteiger partial charge in [-0.3, -0.25) is 4.79 Å². The number of aromatic nitrogens is 4. The number of primary amides is 1. The van der Waals surface area contributed by atoms with Crippen molar-refractivity contribution in [2.24, 2.45) is 5.73 Å². The Morgan fingerprint density at radius 3 is 2.83 bits per heavy atom. The Kier molecular flexibility index (Phi) is 4.30. The second-order valence-corrected chi connectivity index (χ2v) is 4.73. The van der Waals surface area contributed by atoms with Crippen LogP contribution in [0.1, 0.15) is 12.0 Å². The van der Waals surface area contributed by atoms with Gasteiger partial charge in [-0.1, -0.05) is 42.1 Å². The van der Waals surface area contributed by atoms with Crippen LogP contribution in [0.15, 0.2) is 35.5 Å². The molecule has 0 saturated carbocycles. The molecule has 94 valence electrons. The van der Waals surface area contributed by atoms with E-state index in [-0.39, 0.29) is 5.91 Å². The second-order valence-electron chi connectivity index (χ2n) is 3.67. The Labute approximate surface area is 109 Å². The van der Waals surface area contributed by atoms with Crippen molar-refractivity contribution < 1.29 is 4.79 Å². The highest BCUT2D eigenvalue weighted by molar-refractivity contribution is 7.99. The van der Waals surface area contributed by atoms with Gasteiger partial charge < -0.3 is 5.73 Å². The van der Waals surface area contributed by atoms with E-state index < -0.39 is 0 Å². The number of hydrogen-bond acceptors (Lipinski definition) is 5. The lowest BCUT2D eigenvalue weighted by Gasteiger charge is -2.03. The van der Waals surface area contributed by atoms with E-state index in [0.29, 0.717) is 23.9 Å². The van der Waals surface area contributed by atoms with Crippen LogP contribution in [0, 0.1) is 0 Å². The average molecular weight is 263 g/mol. The summed E-state index contributed by atoms with van der Waals surface area (Å²) < 4.78 is 1.71. The van der Waals surface area contributed by atoms with Crippen molar-refractivity contribution in [2.45, 2.75) is 18.1 Å². The Morgan fingerprint density at radius 2 is 2.11 bits per heavy atom. The number of benzene rings is 1. The molecule has 1 heterocycles. The highest BCUT2D eigenvalue weighted by atomic mass is 32.2. The first-order valence-electron chi connectivity index (χ1n) is 5.47. The molecule has 0 atom stereocenters. The van der Waals surface area contributed by atoms with Gasteiger partial charge in [0.1, 0.15) is 0 Å². The second kappa shape index (κ2) is 6.15. The molecule has 0 unspecified atom stereocenters. The predicted molar refractivity (Wildman–Crippen MR) is 67.9 cm³/mol.